The van der Waals surface area contributed by atoms with E-state index in [0.717, 1.165) is 17.8 Å². The minimum Gasteiger partial charge on any atom is -0.335 e. The molecule has 1 aromatic heterocycles. The van der Waals surface area contributed by atoms with Crippen molar-refractivity contribution in [2.45, 2.75) is 26.3 Å². The van der Waals surface area contributed by atoms with Gasteiger partial charge in [-0.3, -0.25) is 4.79 Å². The number of hydrogen-bond donors (Lipinski definition) is 1. The van der Waals surface area contributed by atoms with Crippen molar-refractivity contribution in [1.82, 2.24) is 14.7 Å². The summed E-state index contributed by atoms with van der Waals surface area (Å²) in [5.41, 5.74) is 7.95. The predicted molar refractivity (Wildman–Crippen MR) is 98.2 cm³/mol. The van der Waals surface area contributed by atoms with E-state index in [4.69, 9.17) is 17.3 Å². The largest absolute Gasteiger partial charge is 0.335 e. The maximum atomic E-state index is 12.9. The van der Waals surface area contributed by atoms with Crippen LogP contribution in [0.4, 0.5) is 0 Å². The number of carbonyl (C=O) groups excluding carboxylic acids is 1. The fraction of sp³-hybridized carbons (Fsp3) is 0.412. The molecule has 1 fully saturated rings. The Bertz CT molecular complexity index is 731. The Morgan fingerprint density at radius 1 is 1.42 bits per heavy atom. The zero-order valence-electron chi connectivity index (χ0n) is 13.8. The molecule has 0 radical (unpaired) electrons. The Morgan fingerprint density at radius 3 is 2.75 bits per heavy atom. The summed E-state index contributed by atoms with van der Waals surface area (Å²) in [6.07, 6.45) is 2.59. The molecule has 24 heavy (non-hydrogen) atoms. The van der Waals surface area contributed by atoms with Gasteiger partial charge in [-0.05, 0) is 44.9 Å². The smallest absolute Gasteiger partial charge is 0.257 e. The molecule has 2 N–H and O–H groups in total. The highest BCUT2D eigenvalue weighted by Crippen LogP contribution is 2.27. The third kappa shape index (κ3) is 3.29. The summed E-state index contributed by atoms with van der Waals surface area (Å²) in [7, 11) is 0. The van der Waals surface area contributed by atoms with Crippen LogP contribution in [0, 0.1) is 12.8 Å². The topological polar surface area (TPSA) is 64.2 Å². The van der Waals surface area contributed by atoms with E-state index in [1.807, 2.05) is 36.1 Å². The standard InChI is InChI=1S/C17H21ClN4O.ClH/c1-11-7-13(8-19)10-21(11)17(23)14-9-20-22(12(14)2)16-6-4-3-5-15(16)18;/h3-6,9,11,13H,7-8,10,19H2,1-2H3;1H. The summed E-state index contributed by atoms with van der Waals surface area (Å²) >= 11 is 6.24. The lowest BCUT2D eigenvalue weighted by Gasteiger charge is -2.21. The maximum absolute atomic E-state index is 12.9. The molecule has 0 bridgehead atoms. The first-order valence-corrected chi connectivity index (χ1v) is 8.21. The number of carbonyl (C=O) groups is 1. The van der Waals surface area contributed by atoms with Gasteiger partial charge >= 0.3 is 0 Å². The highest BCUT2D eigenvalue weighted by atomic mass is 35.5. The number of rotatable bonds is 3. The summed E-state index contributed by atoms with van der Waals surface area (Å²) in [6.45, 7) is 5.30. The molecule has 2 aromatic rings. The van der Waals surface area contributed by atoms with Crippen molar-refractivity contribution >= 4 is 29.9 Å². The van der Waals surface area contributed by atoms with Gasteiger partial charge in [0.2, 0.25) is 0 Å². The highest BCUT2D eigenvalue weighted by molar-refractivity contribution is 6.32. The van der Waals surface area contributed by atoms with E-state index in [2.05, 4.69) is 12.0 Å². The van der Waals surface area contributed by atoms with Gasteiger partial charge in [-0.2, -0.15) is 5.10 Å². The van der Waals surface area contributed by atoms with E-state index in [1.54, 1.807) is 10.9 Å². The molecule has 1 aliphatic rings. The van der Waals surface area contributed by atoms with Crippen LogP contribution in [0.5, 0.6) is 0 Å². The van der Waals surface area contributed by atoms with Gasteiger partial charge in [-0.15, -0.1) is 12.4 Å². The monoisotopic (exact) mass is 368 g/mol. The second-order valence-corrected chi connectivity index (χ2v) is 6.56. The lowest BCUT2D eigenvalue weighted by Crippen LogP contribution is -2.34. The lowest BCUT2D eigenvalue weighted by atomic mass is 10.1. The fourth-order valence-electron chi connectivity index (χ4n) is 3.24. The first-order chi connectivity index (χ1) is 11.0. The third-order valence-electron chi connectivity index (χ3n) is 4.58. The molecule has 1 saturated heterocycles. The number of para-hydroxylation sites is 1. The van der Waals surface area contributed by atoms with Crippen LogP contribution in [0.3, 0.4) is 0 Å². The summed E-state index contributed by atoms with van der Waals surface area (Å²) < 4.78 is 1.72. The first-order valence-electron chi connectivity index (χ1n) is 7.83. The number of aromatic nitrogens is 2. The molecule has 0 spiro atoms. The molecular weight excluding hydrogens is 347 g/mol. The normalized spacial score (nSPS) is 20.1. The van der Waals surface area contributed by atoms with Crippen molar-refractivity contribution in [3.05, 3.63) is 46.7 Å². The van der Waals surface area contributed by atoms with E-state index in [0.29, 0.717) is 29.6 Å². The first kappa shape index (κ1) is 18.8. The minimum atomic E-state index is 0. The quantitative estimate of drug-likeness (QED) is 0.905. The van der Waals surface area contributed by atoms with Crippen molar-refractivity contribution in [2.24, 2.45) is 11.7 Å². The molecule has 0 saturated carbocycles. The second kappa shape index (κ2) is 7.55. The number of benzene rings is 1. The molecule has 5 nitrogen and oxygen atoms in total. The van der Waals surface area contributed by atoms with Crippen molar-refractivity contribution < 1.29 is 4.79 Å². The summed E-state index contributed by atoms with van der Waals surface area (Å²) in [5.74, 6) is 0.400. The van der Waals surface area contributed by atoms with Gasteiger partial charge in [0.15, 0.2) is 0 Å². The number of nitrogens with zero attached hydrogens (tertiary/aromatic N) is 3. The van der Waals surface area contributed by atoms with Crippen molar-refractivity contribution in [3.63, 3.8) is 0 Å². The summed E-state index contributed by atoms with van der Waals surface area (Å²) in [5, 5.41) is 4.97. The highest BCUT2D eigenvalue weighted by Gasteiger charge is 2.33. The number of halogens is 2. The van der Waals surface area contributed by atoms with Gasteiger partial charge in [0.05, 0.1) is 28.2 Å². The SMILES string of the molecule is Cc1c(C(=O)N2CC(CN)CC2C)cnn1-c1ccccc1Cl.Cl. The van der Waals surface area contributed by atoms with Crippen LogP contribution in [0.1, 0.15) is 29.4 Å². The van der Waals surface area contributed by atoms with E-state index < -0.39 is 0 Å². The molecule has 1 aliphatic heterocycles. The van der Waals surface area contributed by atoms with Gasteiger partial charge in [0.25, 0.3) is 5.91 Å². The predicted octanol–water partition coefficient (Wildman–Crippen LogP) is 3.07. The Morgan fingerprint density at radius 2 is 2.12 bits per heavy atom. The van der Waals surface area contributed by atoms with E-state index in [1.165, 1.54) is 0 Å². The second-order valence-electron chi connectivity index (χ2n) is 6.15. The van der Waals surface area contributed by atoms with Crippen LogP contribution in [-0.2, 0) is 0 Å². The molecule has 7 heteroatoms. The van der Waals surface area contributed by atoms with E-state index in [-0.39, 0.29) is 24.4 Å². The van der Waals surface area contributed by atoms with Gasteiger partial charge in [0.1, 0.15) is 0 Å². The summed E-state index contributed by atoms with van der Waals surface area (Å²) in [6, 6.07) is 7.68. The molecule has 3 rings (SSSR count). The fourth-order valence-corrected chi connectivity index (χ4v) is 3.45. The zero-order chi connectivity index (χ0) is 16.6. The van der Waals surface area contributed by atoms with Crippen LogP contribution in [0.2, 0.25) is 5.02 Å². The van der Waals surface area contributed by atoms with Gasteiger partial charge < -0.3 is 10.6 Å². The lowest BCUT2D eigenvalue weighted by molar-refractivity contribution is 0.0742. The van der Waals surface area contributed by atoms with Crippen LogP contribution < -0.4 is 5.73 Å². The number of likely N-dealkylation sites (tertiary alicyclic amines) is 1. The molecular formula is C17H22Cl2N4O. The van der Waals surface area contributed by atoms with Gasteiger partial charge in [0, 0.05) is 12.6 Å². The van der Waals surface area contributed by atoms with Crippen molar-refractivity contribution in [3.8, 4) is 5.69 Å². The van der Waals surface area contributed by atoms with Crippen molar-refractivity contribution in [2.75, 3.05) is 13.1 Å². The Kier molecular flexibility index (Phi) is 5.91. The van der Waals surface area contributed by atoms with Crippen LogP contribution in [0.15, 0.2) is 30.5 Å². The molecule has 2 unspecified atom stereocenters. The summed E-state index contributed by atoms with van der Waals surface area (Å²) in [4.78, 5) is 14.8. The number of nitrogens with two attached hydrogens (primary N) is 1. The minimum absolute atomic E-state index is 0. The Balaban J connectivity index is 0.00000208. The number of amides is 1. The zero-order valence-corrected chi connectivity index (χ0v) is 15.3. The van der Waals surface area contributed by atoms with Crippen LogP contribution in [0.25, 0.3) is 5.69 Å². The average molecular weight is 369 g/mol. The van der Waals surface area contributed by atoms with Crippen LogP contribution >= 0.6 is 24.0 Å². The Labute approximate surface area is 153 Å². The van der Waals surface area contributed by atoms with Crippen LogP contribution in [-0.4, -0.2) is 39.7 Å². The van der Waals surface area contributed by atoms with Gasteiger partial charge in [-0.1, -0.05) is 23.7 Å². The van der Waals surface area contributed by atoms with E-state index >= 15 is 0 Å². The molecule has 1 aromatic carbocycles. The molecule has 130 valence electrons. The maximum Gasteiger partial charge on any atom is 0.257 e. The molecule has 2 heterocycles. The Hall–Kier alpha value is -1.56. The van der Waals surface area contributed by atoms with Gasteiger partial charge in [-0.25, -0.2) is 4.68 Å². The van der Waals surface area contributed by atoms with E-state index in [9.17, 15) is 4.79 Å². The number of hydrogen-bond acceptors (Lipinski definition) is 3. The van der Waals surface area contributed by atoms with Crippen molar-refractivity contribution in [1.29, 1.82) is 0 Å². The average Bonchev–Trinajstić information content (AvgIpc) is 3.10. The molecule has 0 aliphatic carbocycles. The molecule has 1 amide bonds. The third-order valence-corrected chi connectivity index (χ3v) is 4.90. The molecule has 2 atom stereocenters.